The van der Waals surface area contributed by atoms with Crippen molar-refractivity contribution < 1.29 is 9.50 Å². The van der Waals surface area contributed by atoms with Crippen molar-refractivity contribution in [3.8, 4) is 5.75 Å². The molecule has 1 N–H and O–H groups in total. The molecule has 2 aromatic carbocycles. The van der Waals surface area contributed by atoms with Crippen molar-refractivity contribution in [3.63, 3.8) is 0 Å². The molecule has 1 aromatic heterocycles. The third kappa shape index (κ3) is 1.88. The van der Waals surface area contributed by atoms with Gasteiger partial charge in [-0.25, -0.2) is 9.37 Å². The van der Waals surface area contributed by atoms with Crippen LogP contribution in [0.25, 0.3) is 11.0 Å². The number of phenols is 1. The molecule has 2 unspecified atom stereocenters. The lowest BCUT2D eigenvalue weighted by Crippen LogP contribution is -2.05. The van der Waals surface area contributed by atoms with Crippen LogP contribution in [0.3, 0.4) is 0 Å². The zero-order valence-electron chi connectivity index (χ0n) is 11.9. The fourth-order valence-corrected chi connectivity index (χ4v) is 3.70. The Balaban J connectivity index is 1.98. The summed E-state index contributed by atoms with van der Waals surface area (Å²) in [5.74, 6) is 1.19. The normalized spacial score (nSPS) is 20.5. The average molecular weight is 361 g/mol. The lowest BCUT2D eigenvalue weighted by molar-refractivity contribution is 0.454. The van der Waals surface area contributed by atoms with Crippen LogP contribution < -0.4 is 0 Å². The molecule has 5 heteroatoms. The maximum atomic E-state index is 13.8. The van der Waals surface area contributed by atoms with Crippen molar-refractivity contribution in [2.75, 3.05) is 0 Å². The van der Waals surface area contributed by atoms with Gasteiger partial charge >= 0.3 is 0 Å². The van der Waals surface area contributed by atoms with E-state index < -0.39 is 0 Å². The molecule has 2 atom stereocenters. The van der Waals surface area contributed by atoms with E-state index in [2.05, 4.69) is 32.4 Å². The van der Waals surface area contributed by atoms with Crippen LogP contribution in [0.5, 0.6) is 5.75 Å². The van der Waals surface area contributed by atoms with Crippen molar-refractivity contribution in [1.82, 2.24) is 9.55 Å². The van der Waals surface area contributed by atoms with Gasteiger partial charge in [-0.05, 0) is 34.5 Å². The van der Waals surface area contributed by atoms with Crippen LogP contribution in [-0.2, 0) is 0 Å². The molecule has 3 nitrogen and oxygen atoms in total. The number of hydrogen-bond acceptors (Lipinski definition) is 2. The molecule has 0 saturated carbocycles. The summed E-state index contributed by atoms with van der Waals surface area (Å²) in [7, 11) is 0. The Morgan fingerprint density at radius 2 is 2.09 bits per heavy atom. The number of fused-ring (bicyclic) bond motifs is 3. The average Bonchev–Trinajstić information content (AvgIpc) is 2.99. The zero-order valence-corrected chi connectivity index (χ0v) is 13.5. The number of para-hydroxylation sites is 1. The van der Waals surface area contributed by atoms with Gasteiger partial charge in [-0.2, -0.15) is 0 Å². The van der Waals surface area contributed by atoms with Crippen molar-refractivity contribution in [2.45, 2.75) is 25.3 Å². The molecule has 0 fully saturated rings. The number of nitrogens with zero attached hydrogens (tertiary/aromatic N) is 2. The van der Waals surface area contributed by atoms with Crippen LogP contribution >= 0.6 is 15.9 Å². The number of hydrogen-bond donors (Lipinski definition) is 1. The number of aromatic nitrogens is 2. The van der Waals surface area contributed by atoms with E-state index in [-0.39, 0.29) is 23.5 Å². The molecule has 3 aromatic rings. The minimum absolute atomic E-state index is 0.0218. The molecule has 2 heterocycles. The molecule has 0 bridgehead atoms. The lowest BCUT2D eigenvalue weighted by Gasteiger charge is -2.16. The lowest BCUT2D eigenvalue weighted by atomic mass is 9.99. The predicted octanol–water partition coefficient (Wildman–Crippen LogP) is 4.74. The fourth-order valence-electron chi connectivity index (χ4n) is 3.37. The van der Waals surface area contributed by atoms with E-state index in [1.54, 1.807) is 12.1 Å². The van der Waals surface area contributed by atoms with Crippen LogP contribution in [0, 0.1) is 5.82 Å². The molecule has 0 radical (unpaired) electrons. The van der Waals surface area contributed by atoms with Crippen LogP contribution in [0.2, 0.25) is 0 Å². The van der Waals surface area contributed by atoms with E-state index in [1.165, 1.54) is 6.07 Å². The molecule has 0 saturated heterocycles. The van der Waals surface area contributed by atoms with Gasteiger partial charge in [0.05, 0.1) is 21.5 Å². The fraction of sp³-hybridized carbons (Fsp3) is 0.235. The second kappa shape index (κ2) is 4.81. The summed E-state index contributed by atoms with van der Waals surface area (Å²) in [6.45, 7) is 2.11. The highest BCUT2D eigenvalue weighted by Gasteiger charge is 2.33. The topological polar surface area (TPSA) is 38.0 Å². The minimum atomic E-state index is -0.309. The zero-order chi connectivity index (χ0) is 15.4. The highest BCUT2D eigenvalue weighted by Crippen LogP contribution is 2.44. The third-order valence-electron chi connectivity index (χ3n) is 4.38. The number of rotatable bonds is 1. The van der Waals surface area contributed by atoms with Gasteiger partial charge in [0.25, 0.3) is 0 Å². The Morgan fingerprint density at radius 3 is 2.86 bits per heavy atom. The predicted molar refractivity (Wildman–Crippen MR) is 86.7 cm³/mol. The maximum Gasteiger partial charge on any atom is 0.139 e. The first kappa shape index (κ1) is 13.8. The number of imidazole rings is 1. The van der Waals surface area contributed by atoms with Crippen LogP contribution in [0.15, 0.2) is 40.9 Å². The largest absolute Gasteiger partial charge is 0.508 e. The summed E-state index contributed by atoms with van der Waals surface area (Å²) in [4.78, 5) is 4.60. The summed E-state index contributed by atoms with van der Waals surface area (Å²) in [6.07, 6.45) is 0.880. The van der Waals surface area contributed by atoms with Crippen molar-refractivity contribution in [1.29, 1.82) is 0 Å². The highest BCUT2D eigenvalue weighted by atomic mass is 79.9. The van der Waals surface area contributed by atoms with E-state index >= 15 is 0 Å². The van der Waals surface area contributed by atoms with Gasteiger partial charge in [0.2, 0.25) is 0 Å². The molecule has 22 heavy (non-hydrogen) atoms. The molecule has 0 spiro atoms. The SMILES string of the molecule is CC1CC(c2ccccc2O)n2c1nc1cc(F)c(Br)cc12. The van der Waals surface area contributed by atoms with Crippen LogP contribution in [0.1, 0.15) is 36.7 Å². The molecule has 0 amide bonds. The Morgan fingerprint density at radius 1 is 1.32 bits per heavy atom. The second-order valence-electron chi connectivity index (χ2n) is 5.81. The monoisotopic (exact) mass is 360 g/mol. The maximum absolute atomic E-state index is 13.8. The summed E-state index contributed by atoms with van der Waals surface area (Å²) in [6, 6.07) is 10.6. The van der Waals surface area contributed by atoms with Gasteiger partial charge < -0.3 is 9.67 Å². The highest BCUT2D eigenvalue weighted by molar-refractivity contribution is 9.10. The van der Waals surface area contributed by atoms with Gasteiger partial charge in [-0.15, -0.1) is 0 Å². The summed E-state index contributed by atoms with van der Waals surface area (Å²) >= 11 is 3.25. The Labute approximate surface area is 135 Å². The van der Waals surface area contributed by atoms with E-state index in [0.29, 0.717) is 9.99 Å². The molecular weight excluding hydrogens is 347 g/mol. The van der Waals surface area contributed by atoms with Gasteiger partial charge in [0, 0.05) is 17.5 Å². The van der Waals surface area contributed by atoms with Crippen molar-refractivity contribution in [3.05, 3.63) is 58.1 Å². The number of halogens is 2. The smallest absolute Gasteiger partial charge is 0.139 e. The first-order valence-electron chi connectivity index (χ1n) is 7.21. The third-order valence-corrected chi connectivity index (χ3v) is 4.99. The van der Waals surface area contributed by atoms with Gasteiger partial charge in [0.15, 0.2) is 0 Å². The van der Waals surface area contributed by atoms with Crippen molar-refractivity contribution >= 4 is 27.0 Å². The van der Waals surface area contributed by atoms with E-state index in [1.807, 2.05) is 18.2 Å². The molecular formula is C17H14BrFN2O. The number of aromatic hydroxyl groups is 1. The standard InChI is InChI=1S/C17H14BrFN2O/c1-9-6-14(10-4-2-3-5-16(10)22)21-15-7-11(18)12(19)8-13(15)20-17(9)21/h2-5,7-9,14,22H,6H2,1H3. The van der Waals surface area contributed by atoms with Crippen molar-refractivity contribution in [2.24, 2.45) is 0 Å². The quantitative estimate of drug-likeness (QED) is 0.680. The minimum Gasteiger partial charge on any atom is -0.508 e. The Bertz CT molecular complexity index is 890. The number of phenolic OH excluding ortho intramolecular Hbond substituents is 1. The van der Waals surface area contributed by atoms with E-state index in [4.69, 9.17) is 0 Å². The first-order chi connectivity index (χ1) is 10.6. The Hall–Kier alpha value is -1.88. The second-order valence-corrected chi connectivity index (χ2v) is 6.66. The first-order valence-corrected chi connectivity index (χ1v) is 8.00. The molecule has 112 valence electrons. The van der Waals surface area contributed by atoms with Gasteiger partial charge in [0.1, 0.15) is 17.4 Å². The van der Waals surface area contributed by atoms with Gasteiger partial charge in [-0.1, -0.05) is 25.1 Å². The summed E-state index contributed by atoms with van der Waals surface area (Å²) in [5.41, 5.74) is 2.43. The van der Waals surface area contributed by atoms with Crippen LogP contribution in [0.4, 0.5) is 4.39 Å². The summed E-state index contributed by atoms with van der Waals surface area (Å²) < 4.78 is 16.3. The van der Waals surface area contributed by atoms with Gasteiger partial charge in [-0.3, -0.25) is 0 Å². The molecule has 0 aliphatic carbocycles. The van der Waals surface area contributed by atoms with E-state index in [9.17, 15) is 9.50 Å². The molecule has 4 rings (SSSR count). The number of benzene rings is 2. The Kier molecular flexibility index (Phi) is 3.01. The summed E-state index contributed by atoms with van der Waals surface area (Å²) in [5, 5.41) is 10.2. The molecule has 1 aliphatic rings. The molecule has 1 aliphatic heterocycles. The van der Waals surface area contributed by atoms with Crippen LogP contribution in [-0.4, -0.2) is 14.7 Å². The van der Waals surface area contributed by atoms with E-state index in [0.717, 1.165) is 23.3 Å².